The lowest BCUT2D eigenvalue weighted by Gasteiger charge is -2.35. The maximum atomic E-state index is 13.4. The number of carbonyl (C=O) groups excluding carboxylic acids is 2. The van der Waals surface area contributed by atoms with E-state index < -0.39 is 11.6 Å². The molecule has 0 unspecified atom stereocenters. The fourth-order valence-corrected chi connectivity index (χ4v) is 3.67. The molecule has 2 amide bonds. The molecule has 0 radical (unpaired) electrons. The van der Waals surface area contributed by atoms with Gasteiger partial charge in [-0.25, -0.2) is 8.78 Å². The Labute approximate surface area is 171 Å². The second-order valence-corrected chi connectivity index (χ2v) is 7.26. The molecule has 150 valence electrons. The third-order valence-corrected chi connectivity index (χ3v) is 5.29. The highest BCUT2D eigenvalue weighted by Gasteiger charge is 2.28. The molecule has 2 aliphatic heterocycles. The van der Waals surface area contributed by atoms with Crippen LogP contribution in [0, 0.1) is 11.6 Å². The number of halogens is 3. The Bertz CT molecular complexity index is 1020. The van der Waals surface area contributed by atoms with Gasteiger partial charge in [-0.3, -0.25) is 9.59 Å². The lowest BCUT2D eigenvalue weighted by molar-refractivity contribution is -0.128. The highest BCUT2D eigenvalue weighted by molar-refractivity contribution is 6.33. The van der Waals surface area contributed by atoms with Gasteiger partial charge in [-0.15, -0.1) is 0 Å². The van der Waals surface area contributed by atoms with E-state index in [9.17, 15) is 18.4 Å². The minimum atomic E-state index is -0.508. The van der Waals surface area contributed by atoms with E-state index in [4.69, 9.17) is 16.3 Å². The number of piperazine rings is 1. The molecule has 1 fully saturated rings. The Balaban J connectivity index is 1.42. The number of ether oxygens (including phenoxy) is 1. The van der Waals surface area contributed by atoms with Crippen LogP contribution in [0.4, 0.5) is 8.78 Å². The van der Waals surface area contributed by atoms with Gasteiger partial charge in [-0.2, -0.15) is 0 Å². The molecule has 1 saturated heterocycles. The third-order valence-electron chi connectivity index (χ3n) is 4.98. The van der Waals surface area contributed by atoms with Crippen LogP contribution in [0.5, 0.6) is 5.75 Å². The summed E-state index contributed by atoms with van der Waals surface area (Å²) in [4.78, 5) is 28.6. The number of amides is 2. The van der Waals surface area contributed by atoms with Crippen molar-refractivity contribution in [2.24, 2.45) is 0 Å². The fourth-order valence-electron chi connectivity index (χ4n) is 3.42. The number of rotatable bonds is 2. The first-order valence-corrected chi connectivity index (χ1v) is 9.47. The van der Waals surface area contributed by atoms with Crippen molar-refractivity contribution in [2.75, 3.05) is 32.8 Å². The largest absolute Gasteiger partial charge is 0.488 e. The molecular weight excluding hydrogens is 402 g/mol. The van der Waals surface area contributed by atoms with Crippen molar-refractivity contribution in [2.45, 2.75) is 0 Å². The summed E-state index contributed by atoms with van der Waals surface area (Å²) in [7, 11) is 0. The summed E-state index contributed by atoms with van der Waals surface area (Å²) in [5.41, 5.74) is 1.19. The minimum Gasteiger partial charge on any atom is -0.488 e. The highest BCUT2D eigenvalue weighted by Crippen LogP contribution is 2.28. The summed E-state index contributed by atoms with van der Waals surface area (Å²) >= 11 is 5.98. The Morgan fingerprint density at radius 1 is 0.897 bits per heavy atom. The third kappa shape index (κ3) is 3.96. The molecule has 0 aromatic heterocycles. The van der Waals surface area contributed by atoms with E-state index in [-0.39, 0.29) is 29.0 Å². The van der Waals surface area contributed by atoms with Gasteiger partial charge >= 0.3 is 0 Å². The molecule has 0 saturated carbocycles. The van der Waals surface area contributed by atoms with Gasteiger partial charge in [0.05, 0.1) is 16.2 Å². The smallest absolute Gasteiger partial charge is 0.255 e. The van der Waals surface area contributed by atoms with Gasteiger partial charge in [0, 0.05) is 31.7 Å². The average Bonchev–Trinajstić information content (AvgIpc) is 2.72. The van der Waals surface area contributed by atoms with Crippen LogP contribution in [0.3, 0.4) is 0 Å². The van der Waals surface area contributed by atoms with E-state index in [1.54, 1.807) is 15.9 Å². The van der Waals surface area contributed by atoms with Crippen LogP contribution in [0.25, 0.3) is 6.08 Å². The summed E-state index contributed by atoms with van der Waals surface area (Å²) in [5, 5.41) is 0.0592. The van der Waals surface area contributed by atoms with Crippen LogP contribution in [0.2, 0.25) is 5.02 Å². The van der Waals surface area contributed by atoms with Crippen molar-refractivity contribution in [3.05, 3.63) is 69.8 Å². The van der Waals surface area contributed by atoms with Gasteiger partial charge in [0.1, 0.15) is 24.0 Å². The molecule has 2 aliphatic rings. The van der Waals surface area contributed by atoms with Crippen LogP contribution < -0.4 is 4.74 Å². The molecule has 5 nitrogen and oxygen atoms in total. The van der Waals surface area contributed by atoms with Crippen LogP contribution in [-0.2, 0) is 4.79 Å². The van der Waals surface area contributed by atoms with E-state index in [1.165, 1.54) is 30.3 Å². The number of hydrogen-bond donors (Lipinski definition) is 0. The fraction of sp³-hybridized carbons (Fsp3) is 0.238. The van der Waals surface area contributed by atoms with E-state index >= 15 is 0 Å². The van der Waals surface area contributed by atoms with Crippen LogP contribution in [-0.4, -0.2) is 54.4 Å². The number of benzene rings is 2. The van der Waals surface area contributed by atoms with E-state index in [0.29, 0.717) is 43.1 Å². The van der Waals surface area contributed by atoms with Gasteiger partial charge in [-0.1, -0.05) is 11.6 Å². The van der Waals surface area contributed by atoms with Crippen LogP contribution >= 0.6 is 11.6 Å². The van der Waals surface area contributed by atoms with Crippen molar-refractivity contribution in [3.8, 4) is 5.75 Å². The number of hydrogen-bond acceptors (Lipinski definition) is 3. The number of carbonyl (C=O) groups is 2. The standard InChI is InChI=1S/C21H17ClF2N2O3/c22-18-11-16(24)1-3-17(18)21(28)26-7-5-25(6-8-26)20(27)14-9-13-10-15(23)2-4-19(13)29-12-14/h1-4,9-11H,5-8,12H2. The molecule has 0 atom stereocenters. The zero-order valence-corrected chi connectivity index (χ0v) is 16.1. The quantitative estimate of drug-likeness (QED) is 0.751. The van der Waals surface area contributed by atoms with Gasteiger partial charge < -0.3 is 14.5 Å². The van der Waals surface area contributed by atoms with Crippen molar-refractivity contribution in [1.29, 1.82) is 0 Å². The minimum absolute atomic E-state index is 0.0592. The zero-order valence-electron chi connectivity index (χ0n) is 15.3. The summed E-state index contributed by atoms with van der Waals surface area (Å²) in [6.45, 7) is 1.46. The molecule has 29 heavy (non-hydrogen) atoms. The summed E-state index contributed by atoms with van der Waals surface area (Å²) in [5.74, 6) is -0.872. The topological polar surface area (TPSA) is 49.9 Å². The van der Waals surface area contributed by atoms with E-state index in [2.05, 4.69) is 0 Å². The van der Waals surface area contributed by atoms with Crippen molar-refractivity contribution >= 4 is 29.5 Å². The van der Waals surface area contributed by atoms with Gasteiger partial charge in [0.2, 0.25) is 0 Å². The molecule has 0 aliphatic carbocycles. The lowest BCUT2D eigenvalue weighted by atomic mass is 10.1. The number of nitrogens with zero attached hydrogens (tertiary/aromatic N) is 2. The van der Waals surface area contributed by atoms with Gasteiger partial charge in [0.15, 0.2) is 0 Å². The second kappa shape index (κ2) is 7.83. The first-order chi connectivity index (χ1) is 13.9. The molecule has 4 rings (SSSR count). The normalized spacial score (nSPS) is 16.0. The first-order valence-electron chi connectivity index (χ1n) is 9.09. The van der Waals surface area contributed by atoms with Gasteiger partial charge in [0.25, 0.3) is 11.8 Å². The van der Waals surface area contributed by atoms with E-state index in [0.717, 1.165) is 6.07 Å². The van der Waals surface area contributed by atoms with E-state index in [1.807, 2.05) is 0 Å². The predicted molar refractivity (Wildman–Crippen MR) is 104 cm³/mol. The van der Waals surface area contributed by atoms with Gasteiger partial charge in [-0.05, 0) is 42.5 Å². The monoisotopic (exact) mass is 418 g/mol. The Morgan fingerprint density at radius 2 is 1.52 bits per heavy atom. The maximum Gasteiger partial charge on any atom is 0.255 e. The first kappa shape index (κ1) is 19.4. The van der Waals surface area contributed by atoms with Crippen molar-refractivity contribution < 1.29 is 23.1 Å². The average molecular weight is 419 g/mol. The van der Waals surface area contributed by atoms with Crippen molar-refractivity contribution in [1.82, 2.24) is 9.80 Å². The highest BCUT2D eigenvalue weighted by atomic mass is 35.5. The second-order valence-electron chi connectivity index (χ2n) is 6.85. The van der Waals surface area contributed by atoms with Crippen molar-refractivity contribution in [3.63, 3.8) is 0 Å². The molecule has 0 spiro atoms. The Morgan fingerprint density at radius 3 is 2.21 bits per heavy atom. The molecule has 0 N–H and O–H groups in total. The van der Waals surface area contributed by atoms with Crippen LogP contribution in [0.1, 0.15) is 15.9 Å². The molecule has 0 bridgehead atoms. The summed E-state index contributed by atoms with van der Waals surface area (Å²) < 4.78 is 32.2. The molecular formula is C21H17ClF2N2O3. The zero-order chi connectivity index (χ0) is 20.5. The summed E-state index contributed by atoms with van der Waals surface area (Å²) in [6.07, 6.45) is 1.64. The molecule has 8 heteroatoms. The predicted octanol–water partition coefficient (Wildman–Crippen LogP) is 3.38. The SMILES string of the molecule is O=C(C1=Cc2cc(F)ccc2OC1)N1CCN(C(=O)c2ccc(F)cc2Cl)CC1. The lowest BCUT2D eigenvalue weighted by Crippen LogP contribution is -2.51. The Kier molecular flexibility index (Phi) is 5.24. The summed E-state index contributed by atoms with van der Waals surface area (Å²) in [6, 6.07) is 7.82. The maximum absolute atomic E-state index is 13.4. The molecule has 2 aromatic rings. The molecule has 2 aromatic carbocycles. The van der Waals surface area contributed by atoms with Crippen LogP contribution in [0.15, 0.2) is 42.0 Å². The number of fused-ring (bicyclic) bond motifs is 1. The molecule has 2 heterocycles. The Hall–Kier alpha value is -2.93.